The van der Waals surface area contributed by atoms with Crippen molar-refractivity contribution in [2.45, 2.75) is 94.2 Å². The molecule has 5 amide bonds. The van der Waals surface area contributed by atoms with E-state index in [1.807, 2.05) is 43.3 Å². The molecule has 1 aliphatic carbocycles. The number of anilines is 1. The molecule has 4 aromatic carbocycles. The number of imide groups is 1. The van der Waals surface area contributed by atoms with Gasteiger partial charge in [0.1, 0.15) is 30.0 Å². The molecule has 5 N–H and O–H groups in total. The summed E-state index contributed by atoms with van der Waals surface area (Å²) in [5, 5.41) is 16.0. The number of nitrogens with two attached hydrogens (primary N) is 1. The number of furan rings is 1. The van der Waals surface area contributed by atoms with Crippen molar-refractivity contribution in [1.82, 2.24) is 20.4 Å². The molecule has 1 aromatic heterocycles. The van der Waals surface area contributed by atoms with Gasteiger partial charge in [-0.15, -0.1) is 0 Å². The Kier molecular flexibility index (Phi) is 13.8. The number of halogens is 3. The number of amides is 5. The number of nitrogens with one attached hydrogen (secondary N) is 2. The SMILES string of the molecule is C[C@H]1c2c(cc(F)c(Cl)c2-c2c(C(N)=O)ccc(OCCO)c2F)O[C@]1(CNC1CCC(C(=O)N2CCC(N3CCC(c4ccc5c(N6CCC(=O)NC6=O)coc5c4)CC3)CC2)CC1)c1ccccc1. The number of ether oxygens (including phenoxy) is 2. The first kappa shape index (κ1) is 48.6. The monoisotopic (exact) mass is 992 g/mol. The zero-order chi connectivity index (χ0) is 49.6. The summed E-state index contributed by atoms with van der Waals surface area (Å²) >= 11 is 6.72. The van der Waals surface area contributed by atoms with Crippen molar-refractivity contribution in [3.8, 4) is 22.6 Å². The number of nitrogens with zero attached hydrogens (tertiary/aromatic N) is 3. The van der Waals surface area contributed by atoms with Crippen molar-refractivity contribution in [1.29, 1.82) is 0 Å². The minimum atomic E-state index is -1.10. The summed E-state index contributed by atoms with van der Waals surface area (Å²) in [5.41, 5.74) is 7.94. The first-order valence-electron chi connectivity index (χ1n) is 24.9. The molecular formula is C54H59ClF2N6O8. The fourth-order valence-corrected chi connectivity index (χ4v) is 12.2. The Balaban J connectivity index is 0.747. The Hall–Kier alpha value is -6.07. The number of hydrogen-bond donors (Lipinski definition) is 4. The van der Waals surface area contributed by atoms with Gasteiger partial charge in [0.2, 0.25) is 17.7 Å². The van der Waals surface area contributed by atoms with Crippen LogP contribution in [0.4, 0.5) is 19.3 Å². The lowest BCUT2D eigenvalue weighted by molar-refractivity contribution is -0.138. The number of piperidine rings is 2. The van der Waals surface area contributed by atoms with Gasteiger partial charge in [0.05, 0.1) is 22.9 Å². The first-order chi connectivity index (χ1) is 34.3. The predicted molar refractivity (Wildman–Crippen MR) is 264 cm³/mol. The molecule has 0 spiro atoms. The van der Waals surface area contributed by atoms with Crippen LogP contribution >= 0.6 is 11.6 Å². The third-order valence-electron chi connectivity index (χ3n) is 15.8. The zero-order valence-electron chi connectivity index (χ0n) is 39.7. The van der Waals surface area contributed by atoms with Crippen molar-refractivity contribution in [3.05, 3.63) is 112 Å². The van der Waals surface area contributed by atoms with E-state index in [1.165, 1.54) is 23.8 Å². The summed E-state index contributed by atoms with van der Waals surface area (Å²) < 4.78 is 50.5. The Morgan fingerprint density at radius 1 is 0.930 bits per heavy atom. The van der Waals surface area contributed by atoms with E-state index < -0.39 is 40.1 Å². The number of carbonyl (C=O) groups excluding carboxylic acids is 4. The zero-order valence-corrected chi connectivity index (χ0v) is 40.4. The highest BCUT2D eigenvalue weighted by Crippen LogP contribution is 2.56. The second kappa shape index (κ2) is 20.2. The lowest BCUT2D eigenvalue weighted by Gasteiger charge is -2.43. The van der Waals surface area contributed by atoms with Crippen molar-refractivity contribution in [3.63, 3.8) is 0 Å². The standard InChI is InChI=1S/C54H59ClF2N6O8/c1-31-46-44(28-40(56)49(55)48(46)47-39(51(58)66)13-14-42(50(47)57)69-26-25-64)71-54(31,35-5-3-2-4-6-35)30-59-36-10-7-33(8-11-36)52(67)62-22-17-37(18-23-62)61-20-15-32(16-21-61)34-9-12-38-41(29-70-43(38)27-34)63-24-19-45(65)60-53(63)68/h2-6,9,12-14,27-29,31-33,36-37,59,64H,7-8,10-11,15-26,30H2,1H3,(H2,58,66)(H,60,65,68)/t31-,33?,36?,54-/m0/s1. The molecule has 3 saturated heterocycles. The smallest absolute Gasteiger partial charge is 0.328 e. The number of hydrogen-bond acceptors (Lipinski definition) is 10. The maximum atomic E-state index is 16.5. The van der Waals surface area contributed by atoms with Gasteiger partial charge in [-0.1, -0.05) is 54.9 Å². The molecule has 0 radical (unpaired) electrons. The Morgan fingerprint density at radius 3 is 2.38 bits per heavy atom. The average molecular weight is 994 g/mol. The van der Waals surface area contributed by atoms with Crippen molar-refractivity contribution in [2.75, 3.05) is 57.4 Å². The van der Waals surface area contributed by atoms with E-state index in [4.69, 9.17) is 31.2 Å². The minimum absolute atomic E-state index is 0.0515. The summed E-state index contributed by atoms with van der Waals surface area (Å²) in [7, 11) is 0. The van der Waals surface area contributed by atoms with E-state index in [1.54, 1.807) is 11.2 Å². The Labute approximate surface area is 415 Å². The number of rotatable bonds is 13. The summed E-state index contributed by atoms with van der Waals surface area (Å²) in [6.45, 7) is 5.40. The highest BCUT2D eigenvalue weighted by atomic mass is 35.5. The number of primary amides is 1. The van der Waals surface area contributed by atoms with Gasteiger partial charge in [-0.2, -0.15) is 0 Å². The second-order valence-electron chi connectivity index (χ2n) is 19.7. The van der Waals surface area contributed by atoms with Crippen molar-refractivity contribution < 1.29 is 47.0 Å². The van der Waals surface area contributed by atoms with Crippen LogP contribution in [0.5, 0.6) is 11.5 Å². The molecule has 0 bridgehead atoms. The molecule has 0 unspecified atom stereocenters. The molecule has 2 atom stereocenters. The third-order valence-corrected chi connectivity index (χ3v) is 16.2. The maximum absolute atomic E-state index is 16.5. The van der Waals surface area contributed by atoms with E-state index in [2.05, 4.69) is 32.6 Å². The predicted octanol–water partition coefficient (Wildman–Crippen LogP) is 8.36. The molecule has 4 aliphatic heterocycles. The topological polar surface area (TPSA) is 180 Å². The summed E-state index contributed by atoms with van der Waals surface area (Å²) in [6.07, 6.45) is 8.84. The fourth-order valence-electron chi connectivity index (χ4n) is 11.9. The number of aliphatic hydroxyl groups is 1. The minimum Gasteiger partial charge on any atom is -0.488 e. The van der Waals surface area contributed by atoms with Crippen LogP contribution in [0, 0.1) is 17.6 Å². The molecule has 5 aliphatic rings. The molecule has 5 aromatic rings. The summed E-state index contributed by atoms with van der Waals surface area (Å²) in [4.78, 5) is 57.1. The van der Waals surface area contributed by atoms with Gasteiger partial charge in [-0.05, 0) is 106 Å². The molecule has 14 nitrogen and oxygen atoms in total. The molecule has 1 saturated carbocycles. The molecule has 71 heavy (non-hydrogen) atoms. The van der Waals surface area contributed by atoms with Crippen molar-refractivity contribution in [2.24, 2.45) is 11.7 Å². The van der Waals surface area contributed by atoms with Gasteiger partial charge in [0.15, 0.2) is 17.2 Å². The van der Waals surface area contributed by atoms with Gasteiger partial charge < -0.3 is 39.8 Å². The van der Waals surface area contributed by atoms with E-state index in [-0.39, 0.29) is 71.6 Å². The number of urea groups is 1. The molecule has 10 rings (SSSR count). The lowest BCUT2D eigenvalue weighted by Crippen LogP contribution is -2.51. The van der Waals surface area contributed by atoms with Crippen LogP contribution in [-0.2, 0) is 15.2 Å². The van der Waals surface area contributed by atoms with Crippen LogP contribution < -0.4 is 30.7 Å². The average Bonchev–Trinajstić information content (AvgIpc) is 3.93. The summed E-state index contributed by atoms with van der Waals surface area (Å²) in [5.74, 6) is -3.12. The molecule has 17 heteroatoms. The van der Waals surface area contributed by atoms with Gasteiger partial charge in [-0.3, -0.25) is 24.6 Å². The number of likely N-dealkylation sites (tertiary alicyclic amines) is 2. The van der Waals surface area contributed by atoms with Crippen LogP contribution in [0.1, 0.15) is 104 Å². The quantitative estimate of drug-likeness (QED) is 0.0896. The molecule has 374 valence electrons. The van der Waals surface area contributed by atoms with Crippen LogP contribution in [0.2, 0.25) is 5.02 Å². The number of fused-ring (bicyclic) bond motifs is 2. The van der Waals surface area contributed by atoms with Crippen LogP contribution in [0.3, 0.4) is 0 Å². The van der Waals surface area contributed by atoms with Gasteiger partial charge >= 0.3 is 6.03 Å². The first-order valence-corrected chi connectivity index (χ1v) is 25.2. The Bertz CT molecular complexity index is 2840. The Morgan fingerprint density at radius 2 is 1.68 bits per heavy atom. The highest BCUT2D eigenvalue weighted by Gasteiger charge is 2.50. The van der Waals surface area contributed by atoms with Crippen molar-refractivity contribution >= 4 is 52.0 Å². The third kappa shape index (κ3) is 9.24. The number of carbonyl (C=O) groups is 4. The van der Waals surface area contributed by atoms with Gasteiger partial charge in [-0.25, -0.2) is 13.6 Å². The molecule has 5 heterocycles. The maximum Gasteiger partial charge on any atom is 0.328 e. The highest BCUT2D eigenvalue weighted by molar-refractivity contribution is 6.34. The molecular weight excluding hydrogens is 934 g/mol. The normalized spacial score (nSPS) is 23.4. The molecule has 4 fully saturated rings. The largest absolute Gasteiger partial charge is 0.488 e. The van der Waals surface area contributed by atoms with E-state index in [9.17, 15) is 24.3 Å². The fraction of sp³-hybridized carbons (Fsp3) is 0.444. The van der Waals surface area contributed by atoms with E-state index in [0.29, 0.717) is 36.3 Å². The second-order valence-corrected chi connectivity index (χ2v) is 20.1. The lowest BCUT2D eigenvalue weighted by atomic mass is 9.77. The number of aliphatic hydroxyl groups excluding tert-OH is 1. The van der Waals surface area contributed by atoms with E-state index >= 15 is 8.78 Å². The van der Waals surface area contributed by atoms with Crippen LogP contribution in [-0.4, -0.2) is 103 Å². The van der Waals surface area contributed by atoms with Gasteiger partial charge in [0, 0.05) is 84.7 Å². The summed E-state index contributed by atoms with van der Waals surface area (Å²) in [6, 6.07) is 19.6. The number of benzene rings is 4. The van der Waals surface area contributed by atoms with Crippen LogP contribution in [0.25, 0.3) is 22.1 Å². The van der Waals surface area contributed by atoms with Gasteiger partial charge in [0.25, 0.3) is 0 Å². The van der Waals surface area contributed by atoms with E-state index in [0.717, 1.165) is 94.1 Å². The van der Waals surface area contributed by atoms with Crippen LogP contribution in [0.15, 0.2) is 77.4 Å².